The quantitative estimate of drug-likeness (QED) is 0.471. The number of hydrogen-bond donors (Lipinski definition) is 1. The highest BCUT2D eigenvalue weighted by molar-refractivity contribution is 6.00. The highest BCUT2D eigenvalue weighted by Gasteiger charge is 2.20. The molecule has 0 aliphatic heterocycles. The topological polar surface area (TPSA) is 90.9 Å². The number of carbonyl (C=O) groups excluding carboxylic acids is 1. The van der Waals surface area contributed by atoms with Crippen molar-refractivity contribution in [2.75, 3.05) is 19.5 Å². The van der Waals surface area contributed by atoms with E-state index < -0.39 is 5.63 Å². The Labute approximate surface area is 178 Å². The molecule has 0 unspecified atom stereocenters. The minimum atomic E-state index is -0.538. The number of ether oxygens (including phenoxy) is 2. The number of anilines is 1. The van der Waals surface area contributed by atoms with E-state index in [9.17, 15) is 9.59 Å². The third-order valence-corrected chi connectivity index (χ3v) is 5.55. The van der Waals surface area contributed by atoms with Gasteiger partial charge in [-0.1, -0.05) is 0 Å². The summed E-state index contributed by atoms with van der Waals surface area (Å²) >= 11 is 0. The summed E-state index contributed by atoms with van der Waals surface area (Å²) in [6.45, 7) is 5.65. The number of benzene rings is 2. The predicted molar refractivity (Wildman–Crippen MR) is 118 cm³/mol. The molecule has 2 aromatic heterocycles. The highest BCUT2D eigenvalue weighted by atomic mass is 16.5. The van der Waals surface area contributed by atoms with Crippen LogP contribution >= 0.6 is 0 Å². The zero-order valence-corrected chi connectivity index (χ0v) is 18.0. The average Bonchev–Trinajstić information content (AvgIpc) is 3.13. The van der Waals surface area contributed by atoms with Gasteiger partial charge in [-0.25, -0.2) is 4.79 Å². The summed E-state index contributed by atoms with van der Waals surface area (Å²) < 4.78 is 21.7. The zero-order chi connectivity index (χ0) is 22.3. The number of carbonyl (C=O) groups is 1. The molecule has 1 amide bonds. The molecule has 0 saturated carbocycles. The van der Waals surface area contributed by atoms with Gasteiger partial charge in [-0.3, -0.25) is 4.79 Å². The normalized spacial score (nSPS) is 11.1. The number of hydrogen-bond acceptors (Lipinski definition) is 6. The maximum absolute atomic E-state index is 12.8. The molecule has 2 heterocycles. The van der Waals surface area contributed by atoms with Crippen molar-refractivity contribution < 1.29 is 23.1 Å². The molecule has 0 radical (unpaired) electrons. The lowest BCUT2D eigenvalue weighted by molar-refractivity contribution is -0.115. The molecule has 0 aliphatic rings. The fraction of sp³-hybridized carbons (Fsp3) is 0.250. The van der Waals surface area contributed by atoms with Crippen LogP contribution in [0.15, 0.2) is 44.2 Å². The third-order valence-electron chi connectivity index (χ3n) is 5.55. The Hall–Kier alpha value is -3.74. The van der Waals surface area contributed by atoms with E-state index in [1.807, 2.05) is 26.8 Å². The lowest BCUT2D eigenvalue weighted by Crippen LogP contribution is -2.21. The SMILES string of the molecule is COc1ccc(OC)c(NC(=O)Cc2c(C)c3cc4c(C)coc4c(C)c3oc2=O)c1. The van der Waals surface area contributed by atoms with E-state index in [-0.39, 0.29) is 12.3 Å². The van der Waals surface area contributed by atoms with Gasteiger partial charge in [0.05, 0.1) is 38.2 Å². The first kappa shape index (κ1) is 20.5. The Morgan fingerprint density at radius 2 is 1.77 bits per heavy atom. The molecule has 4 rings (SSSR count). The molecular formula is C24H23NO6. The van der Waals surface area contributed by atoms with E-state index >= 15 is 0 Å². The van der Waals surface area contributed by atoms with Crippen LogP contribution in [0.5, 0.6) is 11.5 Å². The van der Waals surface area contributed by atoms with E-state index in [2.05, 4.69) is 5.32 Å². The van der Waals surface area contributed by atoms with Gasteiger partial charge in [0.2, 0.25) is 5.91 Å². The van der Waals surface area contributed by atoms with Crippen LogP contribution in [0.1, 0.15) is 22.3 Å². The molecule has 0 saturated heterocycles. The van der Waals surface area contributed by atoms with E-state index in [0.717, 1.165) is 21.9 Å². The first-order chi connectivity index (χ1) is 14.8. The Morgan fingerprint density at radius 1 is 1.00 bits per heavy atom. The first-order valence-electron chi connectivity index (χ1n) is 9.79. The second-order valence-corrected chi connectivity index (χ2v) is 7.46. The average molecular weight is 421 g/mol. The molecule has 0 fully saturated rings. The molecule has 1 N–H and O–H groups in total. The van der Waals surface area contributed by atoms with Crippen LogP contribution < -0.4 is 20.4 Å². The molecule has 160 valence electrons. The molecule has 0 atom stereocenters. The van der Waals surface area contributed by atoms with Gasteiger partial charge in [-0.05, 0) is 50.1 Å². The van der Waals surface area contributed by atoms with Gasteiger partial charge in [0.25, 0.3) is 0 Å². The standard InChI is InChI=1S/C24H23NO6/c1-12-11-30-22-14(3)23-17(9-16(12)22)13(2)18(24(27)31-23)10-21(26)25-19-8-15(28-4)6-7-20(19)29-5/h6-9,11H,10H2,1-5H3,(H,25,26). The van der Waals surface area contributed by atoms with Crippen LogP contribution in [0.2, 0.25) is 0 Å². The minimum absolute atomic E-state index is 0.133. The molecule has 0 bridgehead atoms. The number of methoxy groups -OCH3 is 2. The molecular weight excluding hydrogens is 398 g/mol. The summed E-state index contributed by atoms with van der Waals surface area (Å²) in [5.74, 6) is 0.705. The van der Waals surface area contributed by atoms with E-state index in [1.165, 1.54) is 14.2 Å². The van der Waals surface area contributed by atoms with Crippen LogP contribution in [0.25, 0.3) is 21.9 Å². The van der Waals surface area contributed by atoms with Gasteiger partial charge in [-0.15, -0.1) is 0 Å². The predicted octanol–water partition coefficient (Wildman–Crippen LogP) is 4.66. The molecule has 2 aromatic carbocycles. The molecule has 7 nitrogen and oxygen atoms in total. The van der Waals surface area contributed by atoms with Gasteiger partial charge >= 0.3 is 5.63 Å². The summed E-state index contributed by atoms with van der Waals surface area (Å²) in [5.41, 5.74) is 3.88. The van der Waals surface area contributed by atoms with Crippen LogP contribution in [0, 0.1) is 20.8 Å². The van der Waals surface area contributed by atoms with Gasteiger partial charge in [0, 0.05) is 22.4 Å². The summed E-state index contributed by atoms with van der Waals surface area (Å²) in [5, 5.41) is 4.54. The summed E-state index contributed by atoms with van der Waals surface area (Å²) in [4.78, 5) is 25.5. The van der Waals surface area contributed by atoms with Gasteiger partial charge < -0.3 is 23.6 Å². The Morgan fingerprint density at radius 3 is 2.48 bits per heavy atom. The lowest BCUT2D eigenvalue weighted by atomic mass is 9.99. The van der Waals surface area contributed by atoms with Crippen molar-refractivity contribution in [3.63, 3.8) is 0 Å². The lowest BCUT2D eigenvalue weighted by Gasteiger charge is -2.13. The van der Waals surface area contributed by atoms with Gasteiger partial charge in [-0.2, -0.15) is 0 Å². The summed E-state index contributed by atoms with van der Waals surface area (Å²) in [6, 6.07) is 7.04. The third kappa shape index (κ3) is 3.52. The van der Waals surface area contributed by atoms with Crippen molar-refractivity contribution in [3.8, 4) is 11.5 Å². The Kier molecular flexibility index (Phi) is 5.19. The maximum Gasteiger partial charge on any atom is 0.340 e. The van der Waals surface area contributed by atoms with Gasteiger partial charge in [0.1, 0.15) is 22.7 Å². The summed E-state index contributed by atoms with van der Waals surface area (Å²) in [6.07, 6.45) is 1.55. The van der Waals surface area contributed by atoms with Crippen LogP contribution in [0.3, 0.4) is 0 Å². The molecule has 31 heavy (non-hydrogen) atoms. The number of aryl methyl sites for hydroxylation is 3. The number of furan rings is 1. The van der Waals surface area contributed by atoms with Crippen molar-refractivity contribution in [1.29, 1.82) is 0 Å². The summed E-state index contributed by atoms with van der Waals surface area (Å²) in [7, 11) is 3.05. The minimum Gasteiger partial charge on any atom is -0.497 e. The molecule has 0 spiro atoms. The van der Waals surface area contributed by atoms with Crippen LogP contribution in [-0.2, 0) is 11.2 Å². The van der Waals surface area contributed by atoms with Crippen LogP contribution in [-0.4, -0.2) is 20.1 Å². The number of amides is 1. The monoisotopic (exact) mass is 421 g/mol. The smallest absolute Gasteiger partial charge is 0.340 e. The number of fused-ring (bicyclic) bond motifs is 2. The largest absolute Gasteiger partial charge is 0.497 e. The van der Waals surface area contributed by atoms with Crippen molar-refractivity contribution in [1.82, 2.24) is 0 Å². The number of nitrogens with one attached hydrogen (secondary N) is 1. The van der Waals surface area contributed by atoms with E-state index in [0.29, 0.717) is 39.5 Å². The van der Waals surface area contributed by atoms with E-state index in [1.54, 1.807) is 24.5 Å². The fourth-order valence-electron chi connectivity index (χ4n) is 3.79. The maximum atomic E-state index is 12.8. The highest BCUT2D eigenvalue weighted by Crippen LogP contribution is 2.33. The van der Waals surface area contributed by atoms with Crippen molar-refractivity contribution in [2.45, 2.75) is 27.2 Å². The van der Waals surface area contributed by atoms with Gasteiger partial charge in [0.15, 0.2) is 0 Å². The Balaban J connectivity index is 1.73. The zero-order valence-electron chi connectivity index (χ0n) is 18.0. The van der Waals surface area contributed by atoms with Crippen molar-refractivity contribution in [2.24, 2.45) is 0 Å². The van der Waals surface area contributed by atoms with Crippen molar-refractivity contribution in [3.05, 3.63) is 63.2 Å². The first-order valence-corrected chi connectivity index (χ1v) is 9.79. The fourth-order valence-corrected chi connectivity index (χ4v) is 3.79. The molecule has 4 aromatic rings. The molecule has 7 heteroatoms. The molecule has 0 aliphatic carbocycles. The van der Waals surface area contributed by atoms with E-state index in [4.69, 9.17) is 18.3 Å². The van der Waals surface area contributed by atoms with Crippen molar-refractivity contribution >= 4 is 33.5 Å². The second kappa shape index (κ2) is 7.83. The Bertz CT molecular complexity index is 1380. The number of rotatable bonds is 5. The second-order valence-electron chi connectivity index (χ2n) is 7.46. The van der Waals surface area contributed by atoms with Crippen LogP contribution in [0.4, 0.5) is 5.69 Å².